The molecule has 1 aromatic rings. The van der Waals surface area contributed by atoms with Crippen molar-refractivity contribution in [2.45, 2.75) is 4.90 Å². The van der Waals surface area contributed by atoms with Gasteiger partial charge in [0, 0.05) is 14.1 Å². The van der Waals surface area contributed by atoms with Gasteiger partial charge in [-0.2, -0.15) is 0 Å². The maximum atomic E-state index is 5.29. The van der Waals surface area contributed by atoms with E-state index < -0.39 is 0 Å². The van der Waals surface area contributed by atoms with Crippen LogP contribution in [-0.4, -0.2) is 37.5 Å². The number of benzene rings is 1. The topological polar surface area (TPSA) is 21.7 Å². The maximum Gasteiger partial charge on any atom is 0.140 e. The smallest absolute Gasteiger partial charge is 0.140 e. The average molecular weight is 257 g/mol. The molecule has 0 N–H and O–H groups in total. The van der Waals surface area contributed by atoms with Crippen LogP contribution < -0.4 is 9.47 Å². The van der Waals surface area contributed by atoms with Crippen LogP contribution in [0.3, 0.4) is 0 Å². The fourth-order valence-corrected chi connectivity index (χ4v) is 2.21. The molecule has 0 amide bonds. The predicted molar refractivity (Wildman–Crippen MR) is 71.7 cm³/mol. The molecule has 0 spiro atoms. The van der Waals surface area contributed by atoms with Gasteiger partial charge in [-0.3, -0.25) is 0 Å². The lowest BCUT2D eigenvalue weighted by molar-refractivity contribution is 0.376. The SMILES string of the molecule is COc1cccc(OC)c1SC(=S)N(C)C. The third-order valence-electron chi connectivity index (χ3n) is 1.94. The van der Waals surface area contributed by atoms with Gasteiger partial charge >= 0.3 is 0 Å². The Hall–Kier alpha value is -0.940. The summed E-state index contributed by atoms with van der Waals surface area (Å²) in [5.41, 5.74) is 0. The van der Waals surface area contributed by atoms with Crippen molar-refractivity contribution in [2.75, 3.05) is 28.3 Å². The highest BCUT2D eigenvalue weighted by Crippen LogP contribution is 2.38. The Morgan fingerprint density at radius 3 is 2.06 bits per heavy atom. The summed E-state index contributed by atoms with van der Waals surface area (Å²) in [4.78, 5) is 2.79. The van der Waals surface area contributed by atoms with E-state index in [0.717, 1.165) is 20.7 Å². The van der Waals surface area contributed by atoms with Crippen molar-refractivity contribution in [1.82, 2.24) is 4.90 Å². The monoisotopic (exact) mass is 257 g/mol. The van der Waals surface area contributed by atoms with Crippen LogP contribution in [0, 0.1) is 0 Å². The van der Waals surface area contributed by atoms with Gasteiger partial charge in [-0.25, -0.2) is 0 Å². The van der Waals surface area contributed by atoms with Crippen molar-refractivity contribution in [3.05, 3.63) is 18.2 Å². The Bertz CT molecular complexity index is 358. The number of thiocarbonyl (C=S) groups is 1. The van der Waals surface area contributed by atoms with Crippen LogP contribution in [-0.2, 0) is 0 Å². The van der Waals surface area contributed by atoms with Gasteiger partial charge in [0.05, 0.1) is 19.1 Å². The second kappa shape index (κ2) is 5.96. The van der Waals surface area contributed by atoms with E-state index in [9.17, 15) is 0 Å². The summed E-state index contributed by atoms with van der Waals surface area (Å²) in [5.74, 6) is 1.54. The van der Waals surface area contributed by atoms with Crippen LogP contribution in [0.15, 0.2) is 23.1 Å². The first-order valence-electron chi connectivity index (χ1n) is 4.70. The highest BCUT2D eigenvalue weighted by Gasteiger charge is 2.13. The molecule has 88 valence electrons. The van der Waals surface area contributed by atoms with Gasteiger partial charge in [0.2, 0.25) is 0 Å². The fourth-order valence-electron chi connectivity index (χ4n) is 1.10. The third-order valence-corrected chi connectivity index (χ3v) is 3.70. The van der Waals surface area contributed by atoms with Crippen LogP contribution in [0.2, 0.25) is 0 Å². The minimum absolute atomic E-state index is 0.766. The van der Waals surface area contributed by atoms with Gasteiger partial charge in [0.15, 0.2) is 0 Å². The van der Waals surface area contributed by atoms with Gasteiger partial charge in [-0.15, -0.1) is 0 Å². The zero-order valence-electron chi connectivity index (χ0n) is 9.81. The molecule has 0 aliphatic rings. The van der Waals surface area contributed by atoms with E-state index in [2.05, 4.69) is 0 Å². The molecule has 0 heterocycles. The minimum Gasteiger partial charge on any atom is -0.495 e. The summed E-state index contributed by atoms with van der Waals surface area (Å²) in [5, 5.41) is 0. The van der Waals surface area contributed by atoms with Crippen LogP contribution >= 0.6 is 24.0 Å². The summed E-state index contributed by atoms with van der Waals surface area (Å²) < 4.78 is 11.3. The van der Waals surface area contributed by atoms with Crippen molar-refractivity contribution in [1.29, 1.82) is 0 Å². The first-order chi connectivity index (χ1) is 7.60. The van der Waals surface area contributed by atoms with Crippen molar-refractivity contribution in [3.8, 4) is 11.5 Å². The van der Waals surface area contributed by atoms with Gasteiger partial charge in [-0.1, -0.05) is 30.0 Å². The molecule has 3 nitrogen and oxygen atoms in total. The third kappa shape index (κ3) is 3.02. The van der Waals surface area contributed by atoms with Crippen LogP contribution in [0.25, 0.3) is 0 Å². The van der Waals surface area contributed by atoms with E-state index >= 15 is 0 Å². The van der Waals surface area contributed by atoms with E-state index in [1.807, 2.05) is 37.2 Å². The molecule has 1 aromatic carbocycles. The summed E-state index contributed by atoms with van der Waals surface area (Å²) in [7, 11) is 7.10. The Morgan fingerprint density at radius 2 is 1.69 bits per heavy atom. The molecule has 0 aliphatic heterocycles. The Kier molecular flexibility index (Phi) is 4.89. The average Bonchev–Trinajstić information content (AvgIpc) is 2.29. The molecule has 0 saturated carbocycles. The van der Waals surface area contributed by atoms with E-state index in [0.29, 0.717) is 0 Å². The molecule has 0 atom stereocenters. The zero-order chi connectivity index (χ0) is 12.1. The summed E-state index contributed by atoms with van der Waals surface area (Å²) in [6.45, 7) is 0. The molecular weight excluding hydrogens is 242 g/mol. The Balaban J connectivity index is 3.04. The molecule has 0 bridgehead atoms. The van der Waals surface area contributed by atoms with E-state index in [4.69, 9.17) is 21.7 Å². The molecule has 0 unspecified atom stereocenters. The largest absolute Gasteiger partial charge is 0.495 e. The van der Waals surface area contributed by atoms with E-state index in [-0.39, 0.29) is 0 Å². The minimum atomic E-state index is 0.766. The van der Waals surface area contributed by atoms with Crippen LogP contribution in [0.1, 0.15) is 0 Å². The highest BCUT2D eigenvalue weighted by molar-refractivity contribution is 8.23. The number of thioether (sulfide) groups is 1. The molecule has 0 fully saturated rings. The number of rotatable bonds is 3. The molecule has 0 aliphatic carbocycles. The van der Waals surface area contributed by atoms with Crippen molar-refractivity contribution >= 4 is 28.3 Å². The lowest BCUT2D eigenvalue weighted by Crippen LogP contribution is -2.16. The molecule has 0 saturated heterocycles. The number of hydrogen-bond acceptors (Lipinski definition) is 4. The number of ether oxygens (including phenoxy) is 2. The van der Waals surface area contributed by atoms with E-state index in [1.165, 1.54) is 11.8 Å². The second-order valence-corrected chi connectivity index (χ2v) is 4.90. The van der Waals surface area contributed by atoms with E-state index in [1.54, 1.807) is 14.2 Å². The van der Waals surface area contributed by atoms with Crippen LogP contribution in [0.5, 0.6) is 11.5 Å². The lowest BCUT2D eigenvalue weighted by atomic mass is 10.3. The summed E-state index contributed by atoms with van der Waals surface area (Å²) >= 11 is 6.71. The standard InChI is InChI=1S/C11H15NO2S2/c1-12(2)11(15)16-10-8(13-3)6-5-7-9(10)14-4/h5-7H,1-4H3. The Morgan fingerprint density at radius 1 is 1.19 bits per heavy atom. The molecule has 5 heteroatoms. The predicted octanol–water partition coefficient (Wildman–Crippen LogP) is 2.64. The van der Waals surface area contributed by atoms with Crippen molar-refractivity contribution in [2.24, 2.45) is 0 Å². The van der Waals surface area contributed by atoms with Gasteiger partial charge in [0.1, 0.15) is 15.8 Å². The van der Waals surface area contributed by atoms with Crippen molar-refractivity contribution < 1.29 is 9.47 Å². The molecule has 0 radical (unpaired) electrons. The molecule has 0 aromatic heterocycles. The number of methoxy groups -OCH3 is 2. The zero-order valence-corrected chi connectivity index (χ0v) is 11.4. The number of hydrogen-bond donors (Lipinski definition) is 0. The maximum absolute atomic E-state index is 5.29. The van der Waals surface area contributed by atoms with Crippen LogP contribution in [0.4, 0.5) is 0 Å². The fraction of sp³-hybridized carbons (Fsp3) is 0.364. The molecule has 16 heavy (non-hydrogen) atoms. The Labute approximate surface area is 106 Å². The van der Waals surface area contributed by atoms with Gasteiger partial charge in [0.25, 0.3) is 0 Å². The molecular formula is C11H15NO2S2. The summed E-state index contributed by atoms with van der Waals surface area (Å²) in [6, 6.07) is 5.67. The molecule has 1 rings (SSSR count). The summed E-state index contributed by atoms with van der Waals surface area (Å²) in [6.07, 6.45) is 0. The lowest BCUT2D eigenvalue weighted by Gasteiger charge is -2.16. The second-order valence-electron chi connectivity index (χ2n) is 3.25. The van der Waals surface area contributed by atoms with Gasteiger partial charge in [-0.05, 0) is 12.1 Å². The van der Waals surface area contributed by atoms with Crippen molar-refractivity contribution in [3.63, 3.8) is 0 Å². The number of nitrogens with zero attached hydrogens (tertiary/aromatic N) is 1. The van der Waals surface area contributed by atoms with Gasteiger partial charge < -0.3 is 14.4 Å². The highest BCUT2D eigenvalue weighted by atomic mass is 32.2. The first-order valence-corrected chi connectivity index (χ1v) is 5.92. The first kappa shape index (κ1) is 13.1. The quantitative estimate of drug-likeness (QED) is 0.611. The normalized spacial score (nSPS) is 9.75.